The number of carbonyl (C=O) groups excluding carboxylic acids is 2. The van der Waals surface area contributed by atoms with Crippen LogP contribution in [0.2, 0.25) is 0 Å². The SMILES string of the molecule is CCNC(=O)NC(=O)[C@H](C)N1CCN(CCSc2ccccc2)CC1. The molecule has 0 aromatic heterocycles. The maximum absolute atomic E-state index is 12.1. The van der Waals surface area contributed by atoms with Crippen molar-refractivity contribution in [2.24, 2.45) is 0 Å². The molecule has 1 fully saturated rings. The smallest absolute Gasteiger partial charge is 0.321 e. The number of hydrogen-bond acceptors (Lipinski definition) is 5. The molecule has 25 heavy (non-hydrogen) atoms. The molecule has 1 aromatic carbocycles. The summed E-state index contributed by atoms with van der Waals surface area (Å²) in [5.41, 5.74) is 0. The van der Waals surface area contributed by atoms with Crippen molar-refractivity contribution in [3.63, 3.8) is 0 Å². The van der Waals surface area contributed by atoms with Gasteiger partial charge in [-0.05, 0) is 26.0 Å². The van der Waals surface area contributed by atoms with Crippen LogP contribution in [-0.2, 0) is 4.79 Å². The van der Waals surface area contributed by atoms with E-state index in [9.17, 15) is 9.59 Å². The van der Waals surface area contributed by atoms with Gasteiger partial charge < -0.3 is 5.32 Å². The average molecular weight is 365 g/mol. The molecule has 0 saturated carbocycles. The molecule has 3 amide bonds. The lowest BCUT2D eigenvalue weighted by Crippen LogP contribution is -2.55. The number of amides is 3. The summed E-state index contributed by atoms with van der Waals surface area (Å²) >= 11 is 1.87. The van der Waals surface area contributed by atoms with Crippen LogP contribution in [0.15, 0.2) is 35.2 Å². The fourth-order valence-corrected chi connectivity index (χ4v) is 3.71. The van der Waals surface area contributed by atoms with Crippen molar-refractivity contribution in [1.82, 2.24) is 20.4 Å². The van der Waals surface area contributed by atoms with Gasteiger partial charge in [0.25, 0.3) is 0 Å². The second-order valence-corrected chi connectivity index (χ2v) is 7.23. The minimum Gasteiger partial charge on any atom is -0.338 e. The van der Waals surface area contributed by atoms with Crippen molar-refractivity contribution < 1.29 is 9.59 Å². The third-order valence-electron chi connectivity index (χ3n) is 4.33. The Kier molecular flexibility index (Phi) is 8.24. The number of piperazine rings is 1. The number of thioether (sulfide) groups is 1. The van der Waals surface area contributed by atoms with E-state index in [1.165, 1.54) is 4.90 Å². The number of hydrogen-bond donors (Lipinski definition) is 2. The zero-order valence-corrected chi connectivity index (χ0v) is 15.8. The summed E-state index contributed by atoms with van der Waals surface area (Å²) in [5, 5.41) is 4.97. The highest BCUT2D eigenvalue weighted by Crippen LogP contribution is 2.17. The Labute approximate surface area is 154 Å². The van der Waals surface area contributed by atoms with E-state index in [1.54, 1.807) is 0 Å². The Bertz CT molecular complexity index is 547. The maximum Gasteiger partial charge on any atom is 0.321 e. The molecule has 7 heteroatoms. The lowest BCUT2D eigenvalue weighted by Gasteiger charge is -2.37. The number of rotatable bonds is 7. The number of benzene rings is 1. The quantitative estimate of drug-likeness (QED) is 0.720. The third-order valence-corrected chi connectivity index (χ3v) is 5.32. The molecule has 1 atom stereocenters. The van der Waals surface area contributed by atoms with E-state index in [4.69, 9.17) is 0 Å². The van der Waals surface area contributed by atoms with E-state index in [0.717, 1.165) is 38.5 Å². The predicted molar refractivity (Wildman–Crippen MR) is 102 cm³/mol. The molecule has 138 valence electrons. The van der Waals surface area contributed by atoms with E-state index in [-0.39, 0.29) is 11.9 Å². The van der Waals surface area contributed by atoms with Crippen LogP contribution in [0.4, 0.5) is 4.79 Å². The molecule has 1 aromatic rings. The molecule has 6 nitrogen and oxygen atoms in total. The fraction of sp³-hybridized carbons (Fsp3) is 0.556. The topological polar surface area (TPSA) is 64.7 Å². The zero-order valence-electron chi connectivity index (χ0n) is 15.0. The van der Waals surface area contributed by atoms with Gasteiger partial charge in [-0.1, -0.05) is 18.2 Å². The van der Waals surface area contributed by atoms with Crippen LogP contribution < -0.4 is 10.6 Å². The molecule has 0 unspecified atom stereocenters. The third kappa shape index (κ3) is 6.68. The molecule has 1 aliphatic heterocycles. The molecule has 1 aliphatic rings. The summed E-state index contributed by atoms with van der Waals surface area (Å²) in [5.74, 6) is 0.830. The van der Waals surface area contributed by atoms with Crippen LogP contribution in [0.5, 0.6) is 0 Å². The lowest BCUT2D eigenvalue weighted by atomic mass is 10.2. The van der Waals surface area contributed by atoms with Crippen LogP contribution in [0.1, 0.15) is 13.8 Å². The van der Waals surface area contributed by atoms with Gasteiger partial charge in [-0.25, -0.2) is 4.79 Å². The number of imide groups is 1. The average Bonchev–Trinajstić information content (AvgIpc) is 2.63. The molecule has 0 aliphatic carbocycles. The molecule has 2 N–H and O–H groups in total. The van der Waals surface area contributed by atoms with Gasteiger partial charge >= 0.3 is 6.03 Å². The lowest BCUT2D eigenvalue weighted by molar-refractivity contribution is -0.125. The van der Waals surface area contributed by atoms with Crippen LogP contribution in [0, 0.1) is 0 Å². The van der Waals surface area contributed by atoms with E-state index in [2.05, 4.69) is 44.7 Å². The van der Waals surface area contributed by atoms with E-state index < -0.39 is 6.03 Å². The number of nitrogens with zero attached hydrogens (tertiary/aromatic N) is 2. The van der Waals surface area contributed by atoms with Crippen molar-refractivity contribution in [3.8, 4) is 0 Å². The number of carbonyl (C=O) groups is 2. The van der Waals surface area contributed by atoms with Crippen LogP contribution in [0.3, 0.4) is 0 Å². The monoisotopic (exact) mass is 364 g/mol. The highest BCUT2D eigenvalue weighted by Gasteiger charge is 2.26. The predicted octanol–water partition coefficient (Wildman–Crippen LogP) is 1.63. The van der Waals surface area contributed by atoms with Crippen LogP contribution in [-0.4, -0.2) is 72.8 Å². The van der Waals surface area contributed by atoms with E-state index in [1.807, 2.05) is 31.7 Å². The molecular formula is C18H28N4O2S. The fourth-order valence-electron chi connectivity index (χ4n) is 2.77. The highest BCUT2D eigenvalue weighted by molar-refractivity contribution is 7.99. The van der Waals surface area contributed by atoms with E-state index in [0.29, 0.717) is 6.54 Å². The van der Waals surface area contributed by atoms with Crippen molar-refractivity contribution in [1.29, 1.82) is 0 Å². The van der Waals surface area contributed by atoms with Gasteiger partial charge in [0.05, 0.1) is 6.04 Å². The molecular weight excluding hydrogens is 336 g/mol. The second kappa shape index (κ2) is 10.4. The van der Waals surface area contributed by atoms with Crippen molar-refractivity contribution in [2.45, 2.75) is 24.8 Å². The van der Waals surface area contributed by atoms with Crippen LogP contribution in [0.25, 0.3) is 0 Å². The summed E-state index contributed by atoms with van der Waals surface area (Å²) in [7, 11) is 0. The Morgan fingerprint density at radius 1 is 1.16 bits per heavy atom. The first kappa shape index (κ1) is 19.8. The Morgan fingerprint density at radius 2 is 1.84 bits per heavy atom. The Balaban J connectivity index is 1.66. The minimum absolute atomic E-state index is 0.237. The summed E-state index contributed by atoms with van der Waals surface area (Å²) in [6.45, 7) is 8.83. The summed E-state index contributed by atoms with van der Waals surface area (Å²) < 4.78 is 0. The summed E-state index contributed by atoms with van der Waals surface area (Å²) in [6.07, 6.45) is 0. The van der Waals surface area contributed by atoms with Crippen molar-refractivity contribution >= 4 is 23.7 Å². The maximum atomic E-state index is 12.1. The highest BCUT2D eigenvalue weighted by atomic mass is 32.2. The van der Waals surface area contributed by atoms with Crippen molar-refractivity contribution in [2.75, 3.05) is 45.0 Å². The standard InChI is InChI=1S/C18H28N4O2S/c1-3-19-18(24)20-17(23)15(2)22-11-9-21(10-12-22)13-14-25-16-7-5-4-6-8-16/h4-8,15H,3,9-14H2,1-2H3,(H2,19,20,23,24)/t15-/m0/s1. The van der Waals surface area contributed by atoms with Gasteiger partial charge in [-0.3, -0.25) is 19.9 Å². The Morgan fingerprint density at radius 3 is 2.48 bits per heavy atom. The number of urea groups is 1. The first-order valence-corrected chi connectivity index (χ1v) is 9.81. The zero-order chi connectivity index (χ0) is 18.1. The normalized spacial score (nSPS) is 17.0. The van der Waals surface area contributed by atoms with E-state index >= 15 is 0 Å². The van der Waals surface area contributed by atoms with Gasteiger partial charge in [-0.15, -0.1) is 11.8 Å². The first-order valence-electron chi connectivity index (χ1n) is 8.83. The van der Waals surface area contributed by atoms with Gasteiger partial charge in [0.2, 0.25) is 5.91 Å². The Hall–Kier alpha value is -1.57. The molecule has 2 rings (SSSR count). The van der Waals surface area contributed by atoms with Crippen LogP contribution >= 0.6 is 11.8 Å². The molecule has 0 bridgehead atoms. The minimum atomic E-state index is -0.420. The molecule has 0 spiro atoms. The van der Waals surface area contributed by atoms with Gasteiger partial charge in [0.1, 0.15) is 0 Å². The van der Waals surface area contributed by atoms with Gasteiger partial charge in [-0.2, -0.15) is 0 Å². The van der Waals surface area contributed by atoms with Crippen molar-refractivity contribution in [3.05, 3.63) is 30.3 Å². The summed E-state index contributed by atoms with van der Waals surface area (Å²) in [4.78, 5) is 29.4. The molecule has 1 heterocycles. The number of nitrogens with one attached hydrogen (secondary N) is 2. The molecule has 1 saturated heterocycles. The van der Waals surface area contributed by atoms with Gasteiger partial charge in [0, 0.05) is 49.9 Å². The first-order chi connectivity index (χ1) is 12.1. The molecule has 0 radical (unpaired) electrons. The largest absolute Gasteiger partial charge is 0.338 e. The summed E-state index contributed by atoms with van der Waals surface area (Å²) in [6, 6.07) is 9.73. The van der Waals surface area contributed by atoms with Gasteiger partial charge in [0.15, 0.2) is 0 Å². The second-order valence-electron chi connectivity index (χ2n) is 6.06.